The number of carbonyl (C=O) groups excluding carboxylic acids is 2. The highest BCUT2D eigenvalue weighted by Gasteiger charge is 2.40. The Labute approximate surface area is 216 Å². The van der Waals surface area contributed by atoms with Crippen LogP contribution in [0.2, 0.25) is 0 Å². The molecule has 0 spiro atoms. The molecule has 0 saturated carbocycles. The summed E-state index contributed by atoms with van der Waals surface area (Å²) >= 11 is 3.31. The number of carbonyl (C=O) groups is 2. The van der Waals surface area contributed by atoms with Gasteiger partial charge in [-0.3, -0.25) is 14.5 Å². The number of rotatable bonds is 6. The molecule has 1 aliphatic heterocycles. The zero-order valence-corrected chi connectivity index (χ0v) is 22.9. The number of nitrogens with zero attached hydrogens (tertiary/aromatic N) is 3. The van der Waals surface area contributed by atoms with Gasteiger partial charge in [0.25, 0.3) is 0 Å². The maximum atomic E-state index is 13.6. The van der Waals surface area contributed by atoms with Crippen molar-refractivity contribution in [1.29, 1.82) is 0 Å². The molecular weight excluding hydrogens is 476 g/mol. The topological polar surface area (TPSA) is 67.2 Å². The van der Waals surface area contributed by atoms with E-state index in [1.165, 1.54) is 4.88 Å². The van der Waals surface area contributed by atoms with Crippen molar-refractivity contribution in [3.63, 3.8) is 0 Å². The van der Waals surface area contributed by atoms with E-state index in [9.17, 15) is 9.59 Å². The third-order valence-corrected chi connectivity index (χ3v) is 8.52. The van der Waals surface area contributed by atoms with Crippen molar-refractivity contribution >= 4 is 40.7 Å². The summed E-state index contributed by atoms with van der Waals surface area (Å²) in [6.07, 6.45) is 0.830. The molecule has 4 rings (SSSR count). The van der Waals surface area contributed by atoms with Crippen LogP contribution >= 0.6 is 23.1 Å². The van der Waals surface area contributed by atoms with Crippen molar-refractivity contribution in [2.45, 2.75) is 64.7 Å². The first-order valence-electron chi connectivity index (χ1n) is 12.0. The average molecular weight is 511 g/mol. The van der Waals surface area contributed by atoms with Crippen LogP contribution < -0.4 is 10.2 Å². The number of amides is 2. The standard InChI is InChI=1S/C27H34N4O2S2/c1-7-18(3)28-21(32)15-30-22(33)16-35-24(20-9-8-14-34-20)23-25(27(4,5)6)29-31(26(23)30)19-12-10-17(2)11-13-19/h8-14,18,24H,7,15-16H2,1-6H3,(H,28,32). The number of nitrogens with one attached hydrogen (secondary N) is 1. The second kappa shape index (κ2) is 10.2. The van der Waals surface area contributed by atoms with Crippen molar-refractivity contribution < 1.29 is 9.59 Å². The van der Waals surface area contributed by atoms with Gasteiger partial charge in [0, 0.05) is 21.9 Å². The molecule has 3 aromatic rings. The van der Waals surface area contributed by atoms with Crippen LogP contribution in [-0.4, -0.2) is 39.9 Å². The summed E-state index contributed by atoms with van der Waals surface area (Å²) in [4.78, 5) is 29.4. The van der Waals surface area contributed by atoms with E-state index in [1.54, 1.807) is 28.0 Å². The van der Waals surface area contributed by atoms with Crippen molar-refractivity contribution in [2.24, 2.45) is 0 Å². The van der Waals surface area contributed by atoms with Crippen LogP contribution in [0.5, 0.6) is 0 Å². The number of hydrogen-bond donors (Lipinski definition) is 1. The molecule has 3 heterocycles. The van der Waals surface area contributed by atoms with Gasteiger partial charge in [0.15, 0.2) is 0 Å². The van der Waals surface area contributed by atoms with E-state index in [0.29, 0.717) is 11.6 Å². The Morgan fingerprint density at radius 2 is 1.94 bits per heavy atom. The van der Waals surface area contributed by atoms with Gasteiger partial charge in [-0.05, 0) is 43.8 Å². The van der Waals surface area contributed by atoms with Crippen molar-refractivity contribution in [3.05, 3.63) is 63.5 Å². The Hall–Kier alpha value is -2.58. The predicted molar refractivity (Wildman–Crippen MR) is 146 cm³/mol. The zero-order valence-electron chi connectivity index (χ0n) is 21.3. The van der Waals surface area contributed by atoms with Gasteiger partial charge in [-0.2, -0.15) is 5.10 Å². The van der Waals surface area contributed by atoms with E-state index in [0.717, 1.165) is 28.9 Å². The highest BCUT2D eigenvalue weighted by molar-refractivity contribution is 8.00. The average Bonchev–Trinajstić information content (AvgIpc) is 3.44. The second-order valence-corrected chi connectivity index (χ2v) is 12.2. The minimum Gasteiger partial charge on any atom is -0.352 e. The van der Waals surface area contributed by atoms with Crippen LogP contribution in [0.1, 0.15) is 68.0 Å². The molecule has 0 saturated heterocycles. The number of aromatic nitrogens is 2. The van der Waals surface area contributed by atoms with Gasteiger partial charge in [-0.25, -0.2) is 4.68 Å². The predicted octanol–water partition coefficient (Wildman–Crippen LogP) is 5.62. The van der Waals surface area contributed by atoms with Crippen LogP contribution in [0.25, 0.3) is 5.69 Å². The molecule has 0 fully saturated rings. The first kappa shape index (κ1) is 25.5. The van der Waals surface area contributed by atoms with Gasteiger partial charge in [0.05, 0.1) is 22.4 Å². The lowest BCUT2D eigenvalue weighted by Gasteiger charge is -2.24. The van der Waals surface area contributed by atoms with E-state index < -0.39 is 0 Å². The molecule has 1 N–H and O–H groups in total. The fraction of sp³-hybridized carbons (Fsp3) is 0.444. The molecule has 0 aliphatic carbocycles. The monoisotopic (exact) mass is 510 g/mol. The highest BCUT2D eigenvalue weighted by atomic mass is 32.2. The van der Waals surface area contributed by atoms with E-state index in [-0.39, 0.29) is 35.1 Å². The summed E-state index contributed by atoms with van der Waals surface area (Å²) in [6, 6.07) is 12.4. The zero-order chi connectivity index (χ0) is 25.3. The van der Waals surface area contributed by atoms with Crippen molar-refractivity contribution in [3.8, 4) is 5.69 Å². The number of hydrogen-bond acceptors (Lipinski definition) is 5. The van der Waals surface area contributed by atoms with Crippen LogP contribution in [0.15, 0.2) is 41.8 Å². The number of benzene rings is 1. The summed E-state index contributed by atoms with van der Waals surface area (Å²) in [5.74, 6) is 0.757. The summed E-state index contributed by atoms with van der Waals surface area (Å²) in [7, 11) is 0. The number of fused-ring (bicyclic) bond motifs is 1. The summed E-state index contributed by atoms with van der Waals surface area (Å²) < 4.78 is 1.87. The summed E-state index contributed by atoms with van der Waals surface area (Å²) in [5.41, 5.74) is 3.73. The molecule has 2 unspecified atom stereocenters. The molecule has 0 radical (unpaired) electrons. The normalized spacial score (nSPS) is 17.1. The molecule has 2 atom stereocenters. The Morgan fingerprint density at radius 1 is 1.23 bits per heavy atom. The number of thiophene rings is 1. The first-order valence-corrected chi connectivity index (χ1v) is 14.0. The minimum absolute atomic E-state index is 0.0327. The highest BCUT2D eigenvalue weighted by Crippen LogP contribution is 2.49. The Morgan fingerprint density at radius 3 is 2.54 bits per heavy atom. The molecule has 6 nitrogen and oxygen atoms in total. The third-order valence-electron chi connectivity index (χ3n) is 6.20. The number of thioether (sulfide) groups is 1. The first-order chi connectivity index (χ1) is 16.6. The van der Waals surface area contributed by atoms with Gasteiger partial charge in [0.1, 0.15) is 12.4 Å². The molecule has 35 heavy (non-hydrogen) atoms. The number of aryl methyl sites for hydroxylation is 1. The van der Waals surface area contributed by atoms with E-state index in [4.69, 9.17) is 5.10 Å². The van der Waals surface area contributed by atoms with Gasteiger partial charge in [-0.1, -0.05) is 51.5 Å². The van der Waals surface area contributed by atoms with E-state index >= 15 is 0 Å². The Kier molecular flexibility index (Phi) is 7.43. The SMILES string of the molecule is CCC(C)NC(=O)CN1C(=O)CSC(c2cccs2)c2c(C(C)(C)C)nn(-c3ccc(C)cc3)c21. The minimum atomic E-state index is -0.256. The van der Waals surface area contributed by atoms with E-state index in [1.807, 2.05) is 55.8 Å². The third kappa shape index (κ3) is 5.33. The number of anilines is 1. The van der Waals surface area contributed by atoms with Crippen LogP contribution in [0, 0.1) is 6.92 Å². The maximum absolute atomic E-state index is 13.6. The molecular formula is C27H34N4O2S2. The molecule has 8 heteroatoms. The van der Waals surface area contributed by atoms with Crippen LogP contribution in [0.3, 0.4) is 0 Å². The lowest BCUT2D eigenvalue weighted by molar-refractivity contribution is -0.123. The summed E-state index contributed by atoms with van der Waals surface area (Å²) in [5, 5.41) is 10.2. The Bertz CT molecular complexity index is 1190. The molecule has 1 aromatic carbocycles. The van der Waals surface area contributed by atoms with Gasteiger partial charge in [-0.15, -0.1) is 23.1 Å². The molecule has 0 bridgehead atoms. The van der Waals surface area contributed by atoms with Crippen molar-refractivity contribution in [1.82, 2.24) is 15.1 Å². The molecule has 1 aliphatic rings. The van der Waals surface area contributed by atoms with Gasteiger partial charge in [0.2, 0.25) is 11.8 Å². The van der Waals surface area contributed by atoms with Gasteiger partial charge >= 0.3 is 0 Å². The lowest BCUT2D eigenvalue weighted by Crippen LogP contribution is -2.44. The lowest BCUT2D eigenvalue weighted by atomic mass is 9.88. The molecule has 2 amide bonds. The smallest absolute Gasteiger partial charge is 0.240 e. The van der Waals surface area contributed by atoms with Gasteiger partial charge < -0.3 is 5.32 Å². The maximum Gasteiger partial charge on any atom is 0.240 e. The Balaban J connectivity index is 1.95. The van der Waals surface area contributed by atoms with E-state index in [2.05, 4.69) is 37.5 Å². The van der Waals surface area contributed by atoms with Crippen molar-refractivity contribution in [2.75, 3.05) is 17.2 Å². The summed E-state index contributed by atoms with van der Waals surface area (Å²) in [6.45, 7) is 12.5. The second-order valence-electron chi connectivity index (χ2n) is 10.1. The largest absolute Gasteiger partial charge is 0.352 e. The molecule has 2 aromatic heterocycles. The van der Waals surface area contributed by atoms with Crippen LogP contribution in [0.4, 0.5) is 5.82 Å². The fourth-order valence-corrected chi connectivity index (χ4v) is 6.35. The fourth-order valence-electron chi connectivity index (χ4n) is 4.17. The quantitative estimate of drug-likeness (QED) is 0.467. The molecule has 186 valence electrons. The van der Waals surface area contributed by atoms with Crippen LogP contribution in [-0.2, 0) is 15.0 Å².